The highest BCUT2D eigenvalue weighted by atomic mass is 32.2. The molecular weight excluding hydrogens is 447 g/mol. The highest BCUT2D eigenvalue weighted by Crippen LogP contribution is 2.48. The maximum atomic E-state index is 13.1. The van der Waals surface area contributed by atoms with Crippen molar-refractivity contribution in [1.82, 2.24) is 10.2 Å². The number of carbonyl (C=O) groups excluding carboxylic acids is 1. The minimum atomic E-state index is -4.88. The second-order valence-electron chi connectivity index (χ2n) is 8.62. The molecule has 2 aromatic carbocycles. The summed E-state index contributed by atoms with van der Waals surface area (Å²) in [5.74, 6) is -1.80. The average Bonchev–Trinajstić information content (AvgIpc) is 2.81. The molecule has 1 unspecified atom stereocenters. The third-order valence-electron chi connectivity index (χ3n) is 6.34. The van der Waals surface area contributed by atoms with Crippen LogP contribution in [0.1, 0.15) is 43.0 Å². The standard InChI is InChI=1S/C25H30F3N3OS/c1-2-3-13-30-15-12-29-17-19(30)7-6-14-31-20-8-4-5-9-22(20)33-23-11-10-18(16-21(23)31)24(32)25(26,27)28/h4-5,8-11,16,19,29H,2-3,6-7,12-15,17H2,1H3. The molecular formula is C25H30F3N3OS. The summed E-state index contributed by atoms with van der Waals surface area (Å²) in [5, 5.41) is 3.49. The van der Waals surface area contributed by atoms with E-state index in [2.05, 4.69) is 22.0 Å². The minimum absolute atomic E-state index is 0.312. The molecule has 1 fully saturated rings. The quantitative estimate of drug-likeness (QED) is 0.480. The second kappa shape index (κ2) is 10.5. The maximum absolute atomic E-state index is 13.1. The number of para-hydroxylation sites is 1. The van der Waals surface area contributed by atoms with E-state index in [9.17, 15) is 18.0 Å². The van der Waals surface area contributed by atoms with E-state index in [-0.39, 0.29) is 5.56 Å². The van der Waals surface area contributed by atoms with Gasteiger partial charge in [-0.15, -0.1) is 0 Å². The van der Waals surface area contributed by atoms with Crippen LogP contribution in [0.3, 0.4) is 0 Å². The third-order valence-corrected chi connectivity index (χ3v) is 7.47. The number of carbonyl (C=O) groups is 1. The molecule has 1 saturated heterocycles. The molecule has 2 aliphatic rings. The molecule has 0 saturated carbocycles. The first-order valence-electron chi connectivity index (χ1n) is 11.6. The van der Waals surface area contributed by atoms with Gasteiger partial charge in [-0.3, -0.25) is 9.69 Å². The lowest BCUT2D eigenvalue weighted by Gasteiger charge is -2.37. The summed E-state index contributed by atoms with van der Waals surface area (Å²) < 4.78 is 39.2. The van der Waals surface area contributed by atoms with Gasteiger partial charge in [0.05, 0.1) is 11.4 Å². The summed E-state index contributed by atoms with van der Waals surface area (Å²) in [6, 6.07) is 12.7. The van der Waals surface area contributed by atoms with Crippen molar-refractivity contribution in [2.24, 2.45) is 0 Å². The number of halogens is 3. The Morgan fingerprint density at radius 2 is 1.88 bits per heavy atom. The highest BCUT2D eigenvalue weighted by molar-refractivity contribution is 7.99. The lowest BCUT2D eigenvalue weighted by atomic mass is 10.0. The number of unbranched alkanes of at least 4 members (excludes halogenated alkanes) is 1. The maximum Gasteiger partial charge on any atom is 0.454 e. The zero-order valence-electron chi connectivity index (χ0n) is 18.8. The van der Waals surface area contributed by atoms with Crippen LogP contribution in [-0.2, 0) is 0 Å². The van der Waals surface area contributed by atoms with Crippen LogP contribution in [0.25, 0.3) is 0 Å². The van der Waals surface area contributed by atoms with Crippen LogP contribution in [0.4, 0.5) is 24.5 Å². The zero-order chi connectivity index (χ0) is 23.4. The van der Waals surface area contributed by atoms with Crippen LogP contribution in [0.5, 0.6) is 0 Å². The Labute approximate surface area is 197 Å². The Bertz CT molecular complexity index is 982. The fourth-order valence-corrected chi connectivity index (χ4v) is 5.68. The predicted octanol–water partition coefficient (Wildman–Crippen LogP) is 5.89. The van der Waals surface area contributed by atoms with Gasteiger partial charge in [0, 0.05) is 47.6 Å². The van der Waals surface area contributed by atoms with Crippen molar-refractivity contribution in [1.29, 1.82) is 0 Å². The Hall–Kier alpha value is -2.03. The molecule has 0 radical (unpaired) electrons. The molecule has 4 nitrogen and oxygen atoms in total. The Morgan fingerprint density at radius 3 is 2.67 bits per heavy atom. The number of nitrogens with one attached hydrogen (secondary N) is 1. The van der Waals surface area contributed by atoms with Crippen LogP contribution in [0.2, 0.25) is 0 Å². The summed E-state index contributed by atoms with van der Waals surface area (Å²) in [5.41, 5.74) is 1.35. The minimum Gasteiger partial charge on any atom is -0.340 e. The van der Waals surface area contributed by atoms with Gasteiger partial charge in [-0.25, -0.2) is 0 Å². The van der Waals surface area contributed by atoms with Crippen molar-refractivity contribution >= 4 is 28.9 Å². The van der Waals surface area contributed by atoms with E-state index in [1.54, 1.807) is 6.07 Å². The SMILES string of the molecule is CCCCN1CCNCC1CCCN1c2ccccc2Sc2ccc(C(=O)C(F)(F)F)cc21. The number of fused-ring (bicyclic) bond motifs is 2. The normalized spacial score (nSPS) is 18.7. The first-order chi connectivity index (χ1) is 15.9. The fourth-order valence-electron chi connectivity index (χ4n) is 4.60. The van der Waals surface area contributed by atoms with E-state index in [1.165, 1.54) is 36.7 Å². The lowest BCUT2D eigenvalue weighted by molar-refractivity contribution is -0.0885. The van der Waals surface area contributed by atoms with E-state index >= 15 is 0 Å². The van der Waals surface area contributed by atoms with E-state index in [0.717, 1.165) is 54.5 Å². The number of Topliss-reactive ketones (excluding diaryl/α,β-unsaturated/α-hetero) is 1. The van der Waals surface area contributed by atoms with Crippen molar-refractivity contribution in [2.75, 3.05) is 37.6 Å². The number of ketones is 1. The first kappa shape index (κ1) is 24.1. The number of piperazine rings is 1. The van der Waals surface area contributed by atoms with Crippen molar-refractivity contribution in [3.05, 3.63) is 48.0 Å². The monoisotopic (exact) mass is 477 g/mol. The number of nitrogens with zero attached hydrogens (tertiary/aromatic N) is 2. The zero-order valence-corrected chi connectivity index (χ0v) is 19.6. The average molecular weight is 478 g/mol. The van der Waals surface area contributed by atoms with Crippen molar-refractivity contribution in [2.45, 2.75) is 54.6 Å². The molecule has 33 heavy (non-hydrogen) atoms. The molecule has 1 N–H and O–H groups in total. The van der Waals surface area contributed by atoms with Gasteiger partial charge >= 0.3 is 6.18 Å². The van der Waals surface area contributed by atoms with Crippen molar-refractivity contribution in [3.63, 3.8) is 0 Å². The van der Waals surface area contributed by atoms with Gasteiger partial charge in [0.25, 0.3) is 5.78 Å². The Balaban J connectivity index is 1.54. The first-order valence-corrected chi connectivity index (χ1v) is 12.4. The molecule has 2 aromatic rings. The molecule has 1 atom stereocenters. The summed E-state index contributed by atoms with van der Waals surface area (Å²) in [4.78, 5) is 18.5. The molecule has 0 aliphatic carbocycles. The Kier molecular flexibility index (Phi) is 7.66. The van der Waals surface area contributed by atoms with Crippen LogP contribution in [0.15, 0.2) is 52.3 Å². The van der Waals surface area contributed by atoms with Gasteiger partial charge < -0.3 is 10.2 Å². The van der Waals surface area contributed by atoms with Gasteiger partial charge in [0.1, 0.15) is 0 Å². The van der Waals surface area contributed by atoms with Crippen LogP contribution in [-0.4, -0.2) is 55.6 Å². The van der Waals surface area contributed by atoms with Gasteiger partial charge in [0.2, 0.25) is 0 Å². The summed E-state index contributed by atoms with van der Waals surface area (Å²) in [7, 11) is 0. The largest absolute Gasteiger partial charge is 0.454 e. The number of rotatable bonds is 8. The molecule has 4 rings (SSSR count). The third kappa shape index (κ3) is 5.55. The number of alkyl halides is 3. The highest BCUT2D eigenvalue weighted by Gasteiger charge is 2.40. The topological polar surface area (TPSA) is 35.6 Å². The number of benzene rings is 2. The lowest BCUT2D eigenvalue weighted by Crippen LogP contribution is -2.51. The molecule has 178 valence electrons. The molecule has 0 aromatic heterocycles. The molecule has 2 aliphatic heterocycles. The molecule has 2 heterocycles. The van der Waals surface area contributed by atoms with Crippen LogP contribution in [0, 0.1) is 0 Å². The number of hydrogen-bond acceptors (Lipinski definition) is 5. The van der Waals surface area contributed by atoms with Crippen molar-refractivity contribution < 1.29 is 18.0 Å². The summed E-state index contributed by atoms with van der Waals surface area (Å²) in [6.07, 6.45) is -0.593. The molecule has 0 bridgehead atoms. The van der Waals surface area contributed by atoms with Crippen LogP contribution >= 0.6 is 11.8 Å². The number of anilines is 2. The summed E-state index contributed by atoms with van der Waals surface area (Å²) >= 11 is 1.53. The van der Waals surface area contributed by atoms with E-state index in [0.29, 0.717) is 18.3 Å². The molecule has 8 heteroatoms. The van der Waals surface area contributed by atoms with Gasteiger partial charge in [-0.1, -0.05) is 37.2 Å². The Morgan fingerprint density at radius 1 is 1.09 bits per heavy atom. The van der Waals surface area contributed by atoms with E-state index < -0.39 is 12.0 Å². The van der Waals surface area contributed by atoms with E-state index in [1.807, 2.05) is 24.3 Å². The van der Waals surface area contributed by atoms with Crippen LogP contribution < -0.4 is 10.2 Å². The van der Waals surface area contributed by atoms with Gasteiger partial charge in [0.15, 0.2) is 0 Å². The second-order valence-corrected chi connectivity index (χ2v) is 9.70. The molecule has 0 spiro atoms. The number of hydrogen-bond donors (Lipinski definition) is 1. The van der Waals surface area contributed by atoms with E-state index in [4.69, 9.17) is 0 Å². The predicted molar refractivity (Wildman–Crippen MR) is 127 cm³/mol. The molecule has 0 amide bonds. The van der Waals surface area contributed by atoms with Crippen molar-refractivity contribution in [3.8, 4) is 0 Å². The van der Waals surface area contributed by atoms with Gasteiger partial charge in [-0.2, -0.15) is 13.2 Å². The smallest absolute Gasteiger partial charge is 0.340 e. The fraction of sp³-hybridized carbons (Fsp3) is 0.480. The summed E-state index contributed by atoms with van der Waals surface area (Å²) in [6.45, 7) is 7.04. The van der Waals surface area contributed by atoms with Gasteiger partial charge in [-0.05, 0) is 56.1 Å².